The smallest absolute Gasteiger partial charge is 0.263 e. The number of ether oxygens (including phenoxy) is 2. The van der Waals surface area contributed by atoms with E-state index in [0.29, 0.717) is 46.6 Å². The van der Waals surface area contributed by atoms with Gasteiger partial charge in [0.15, 0.2) is 11.5 Å². The summed E-state index contributed by atoms with van der Waals surface area (Å²) in [7, 11) is 0. The minimum Gasteiger partial charge on any atom is -0.486 e. The van der Waals surface area contributed by atoms with Crippen LogP contribution in [0.5, 0.6) is 11.5 Å². The van der Waals surface area contributed by atoms with Gasteiger partial charge in [0.2, 0.25) is 0 Å². The van der Waals surface area contributed by atoms with Gasteiger partial charge in [0, 0.05) is 22.3 Å². The summed E-state index contributed by atoms with van der Waals surface area (Å²) in [6.45, 7) is 1.08. The molecule has 0 saturated heterocycles. The third-order valence-electron chi connectivity index (χ3n) is 4.18. The second-order valence-corrected chi connectivity index (χ2v) is 6.36. The first-order chi connectivity index (χ1) is 13.3. The maximum atomic E-state index is 6.12. The average Bonchev–Trinajstić information content (AvgIpc) is 3.13. The van der Waals surface area contributed by atoms with Gasteiger partial charge in [0.25, 0.3) is 5.71 Å². The van der Waals surface area contributed by atoms with Crippen molar-refractivity contribution in [1.29, 1.82) is 0 Å². The lowest BCUT2D eigenvalue weighted by Gasteiger charge is -2.19. The number of halogens is 1. The number of benzene rings is 2. The number of anilines is 2. The van der Waals surface area contributed by atoms with E-state index in [0.717, 1.165) is 17.0 Å². The molecule has 2 aromatic heterocycles. The van der Waals surface area contributed by atoms with Gasteiger partial charge in [0.1, 0.15) is 36.4 Å². The van der Waals surface area contributed by atoms with Crippen LogP contribution in [-0.2, 0) is 0 Å². The molecule has 1 aliphatic rings. The molecule has 27 heavy (non-hydrogen) atoms. The van der Waals surface area contributed by atoms with Gasteiger partial charge in [-0.2, -0.15) is 4.98 Å². The number of nitrogens with zero attached hydrogens (tertiary/aromatic N) is 3. The number of hydrogen-bond donors (Lipinski definition) is 1. The van der Waals surface area contributed by atoms with Crippen molar-refractivity contribution in [2.45, 2.75) is 0 Å². The molecular weight excluding hydrogens is 368 g/mol. The van der Waals surface area contributed by atoms with Crippen LogP contribution in [0.15, 0.2) is 53.3 Å². The monoisotopic (exact) mass is 380 g/mol. The Labute approximate surface area is 158 Å². The molecule has 4 aromatic rings. The molecule has 0 bridgehead atoms. The van der Waals surface area contributed by atoms with Crippen LogP contribution < -0.4 is 14.8 Å². The Bertz CT molecular complexity index is 1140. The molecule has 0 fully saturated rings. The first-order valence-electron chi connectivity index (χ1n) is 8.31. The lowest BCUT2D eigenvalue weighted by Crippen LogP contribution is -2.15. The Hall–Kier alpha value is -3.32. The van der Waals surface area contributed by atoms with Gasteiger partial charge in [-0.05, 0) is 24.3 Å². The van der Waals surface area contributed by atoms with E-state index in [1.807, 2.05) is 36.4 Å². The summed E-state index contributed by atoms with van der Waals surface area (Å²) in [5.74, 6) is 1.99. The predicted molar refractivity (Wildman–Crippen MR) is 101 cm³/mol. The highest BCUT2D eigenvalue weighted by atomic mass is 35.5. The van der Waals surface area contributed by atoms with Crippen molar-refractivity contribution < 1.29 is 14.0 Å². The number of aromatic nitrogens is 3. The molecule has 0 aliphatic carbocycles. The quantitative estimate of drug-likeness (QED) is 0.562. The van der Waals surface area contributed by atoms with Crippen LogP contribution in [0.2, 0.25) is 5.02 Å². The van der Waals surface area contributed by atoms with Crippen molar-refractivity contribution in [3.63, 3.8) is 0 Å². The molecule has 1 N–H and O–H groups in total. The van der Waals surface area contributed by atoms with Gasteiger partial charge in [-0.25, -0.2) is 4.98 Å². The molecule has 7 nitrogen and oxygen atoms in total. The van der Waals surface area contributed by atoms with E-state index >= 15 is 0 Å². The Kier molecular flexibility index (Phi) is 3.79. The molecule has 2 aromatic carbocycles. The Morgan fingerprint density at radius 2 is 1.85 bits per heavy atom. The van der Waals surface area contributed by atoms with E-state index in [9.17, 15) is 0 Å². The fraction of sp³-hybridized carbons (Fsp3) is 0.105. The van der Waals surface area contributed by atoms with Crippen LogP contribution in [0.4, 0.5) is 11.5 Å². The Morgan fingerprint density at radius 3 is 2.74 bits per heavy atom. The molecule has 1 aliphatic heterocycles. The summed E-state index contributed by atoms with van der Waals surface area (Å²) >= 11 is 6.12. The van der Waals surface area contributed by atoms with Crippen molar-refractivity contribution in [1.82, 2.24) is 15.1 Å². The molecule has 3 heterocycles. The van der Waals surface area contributed by atoms with Gasteiger partial charge in [-0.1, -0.05) is 28.9 Å². The lowest BCUT2D eigenvalue weighted by molar-refractivity contribution is 0.171. The zero-order valence-corrected chi connectivity index (χ0v) is 14.7. The van der Waals surface area contributed by atoms with Crippen molar-refractivity contribution in [2.24, 2.45) is 0 Å². The first-order valence-corrected chi connectivity index (χ1v) is 8.69. The number of nitrogens with one attached hydrogen (secondary N) is 1. The zero-order chi connectivity index (χ0) is 18.2. The predicted octanol–water partition coefficient (Wildman–Crippen LogP) is 4.45. The van der Waals surface area contributed by atoms with Crippen molar-refractivity contribution in [3.05, 3.63) is 53.8 Å². The van der Waals surface area contributed by atoms with Crippen LogP contribution in [-0.4, -0.2) is 28.3 Å². The minimum absolute atomic E-state index is 0.389. The molecule has 0 amide bonds. The highest BCUT2D eigenvalue weighted by Gasteiger charge is 2.18. The van der Waals surface area contributed by atoms with Gasteiger partial charge < -0.3 is 19.3 Å². The van der Waals surface area contributed by atoms with Crippen LogP contribution in [0, 0.1) is 0 Å². The standard InChI is InChI=1S/C19H13ClN4O3/c20-12-3-1-2-11(8-12)17-16-18(21-10-22-19(16)27-24-17)23-13-4-5-14-15(9-13)26-7-6-25-14/h1-5,8-10H,6-7H2,(H,21,22,23). The van der Waals surface area contributed by atoms with Crippen molar-refractivity contribution in [3.8, 4) is 22.8 Å². The van der Waals surface area contributed by atoms with Gasteiger partial charge >= 0.3 is 0 Å². The second kappa shape index (κ2) is 6.44. The van der Waals surface area contributed by atoms with E-state index in [1.165, 1.54) is 6.33 Å². The molecule has 0 unspecified atom stereocenters. The van der Waals surface area contributed by atoms with Crippen molar-refractivity contribution in [2.75, 3.05) is 18.5 Å². The Morgan fingerprint density at radius 1 is 0.963 bits per heavy atom. The van der Waals surface area contributed by atoms with Gasteiger partial charge in [-0.3, -0.25) is 0 Å². The fourth-order valence-electron chi connectivity index (χ4n) is 2.97. The van der Waals surface area contributed by atoms with E-state index in [4.69, 9.17) is 25.6 Å². The molecule has 0 radical (unpaired) electrons. The molecular formula is C19H13ClN4O3. The van der Waals surface area contributed by atoms with Crippen LogP contribution in [0.1, 0.15) is 0 Å². The van der Waals surface area contributed by atoms with E-state index in [1.54, 1.807) is 6.07 Å². The van der Waals surface area contributed by atoms with Crippen LogP contribution >= 0.6 is 11.6 Å². The summed E-state index contributed by atoms with van der Waals surface area (Å²) in [5.41, 5.74) is 2.63. The largest absolute Gasteiger partial charge is 0.486 e. The zero-order valence-electron chi connectivity index (χ0n) is 14.0. The summed E-state index contributed by atoms with van der Waals surface area (Å²) < 4.78 is 16.6. The average molecular weight is 381 g/mol. The summed E-state index contributed by atoms with van der Waals surface area (Å²) in [6.07, 6.45) is 1.43. The third kappa shape index (κ3) is 2.92. The molecule has 0 spiro atoms. The number of rotatable bonds is 3. The highest BCUT2D eigenvalue weighted by molar-refractivity contribution is 6.30. The lowest BCUT2D eigenvalue weighted by atomic mass is 10.1. The van der Waals surface area contributed by atoms with Gasteiger partial charge in [0.05, 0.1) is 0 Å². The second-order valence-electron chi connectivity index (χ2n) is 5.93. The number of fused-ring (bicyclic) bond motifs is 2. The number of hydrogen-bond acceptors (Lipinski definition) is 7. The Balaban J connectivity index is 1.58. The van der Waals surface area contributed by atoms with Crippen LogP contribution in [0.3, 0.4) is 0 Å². The minimum atomic E-state index is 0.389. The third-order valence-corrected chi connectivity index (χ3v) is 4.41. The molecule has 8 heteroatoms. The van der Waals surface area contributed by atoms with E-state index < -0.39 is 0 Å². The maximum absolute atomic E-state index is 6.12. The first kappa shape index (κ1) is 15.9. The van der Waals surface area contributed by atoms with E-state index in [-0.39, 0.29) is 0 Å². The highest BCUT2D eigenvalue weighted by Crippen LogP contribution is 2.36. The van der Waals surface area contributed by atoms with Crippen molar-refractivity contribution >= 4 is 34.2 Å². The SMILES string of the molecule is Clc1cccc(-c2noc3ncnc(Nc4ccc5c(c4)OCCO5)c23)c1. The van der Waals surface area contributed by atoms with E-state index in [2.05, 4.69) is 20.4 Å². The molecule has 0 atom stereocenters. The fourth-order valence-corrected chi connectivity index (χ4v) is 3.16. The molecule has 0 saturated carbocycles. The molecule has 134 valence electrons. The topological polar surface area (TPSA) is 82.3 Å². The van der Waals surface area contributed by atoms with Gasteiger partial charge in [-0.15, -0.1) is 0 Å². The maximum Gasteiger partial charge on any atom is 0.263 e. The summed E-state index contributed by atoms with van der Waals surface area (Å²) in [6, 6.07) is 13.0. The normalized spacial score (nSPS) is 12.9. The summed E-state index contributed by atoms with van der Waals surface area (Å²) in [5, 5.41) is 8.74. The van der Waals surface area contributed by atoms with Crippen LogP contribution in [0.25, 0.3) is 22.4 Å². The molecule has 5 rings (SSSR count). The summed E-state index contributed by atoms with van der Waals surface area (Å²) in [4.78, 5) is 8.53.